The molecule has 8 nitrogen and oxygen atoms in total. The first kappa shape index (κ1) is 21.5. The molecule has 1 atom stereocenters. The van der Waals surface area contributed by atoms with Gasteiger partial charge in [-0.2, -0.15) is 0 Å². The van der Waals surface area contributed by atoms with Crippen molar-refractivity contribution in [1.82, 2.24) is 19.8 Å². The number of aliphatic hydroxyl groups is 1. The van der Waals surface area contributed by atoms with Crippen LogP contribution in [0.2, 0.25) is 0 Å². The Morgan fingerprint density at radius 1 is 1.26 bits per heavy atom. The molecule has 3 N–H and O–H groups in total. The van der Waals surface area contributed by atoms with Gasteiger partial charge >= 0.3 is 0 Å². The van der Waals surface area contributed by atoms with Crippen LogP contribution in [0.15, 0.2) is 47.5 Å². The van der Waals surface area contributed by atoms with Crippen LogP contribution >= 0.6 is 0 Å². The normalized spacial score (nSPS) is 20.5. The van der Waals surface area contributed by atoms with Gasteiger partial charge in [0.15, 0.2) is 0 Å². The summed E-state index contributed by atoms with van der Waals surface area (Å²) in [6, 6.07) is 11.8. The lowest BCUT2D eigenvalue weighted by Gasteiger charge is -2.38. The van der Waals surface area contributed by atoms with E-state index in [9.17, 15) is 14.7 Å². The number of carbonyl (C=O) groups is 1. The van der Waals surface area contributed by atoms with Crippen LogP contribution in [0.25, 0.3) is 0 Å². The van der Waals surface area contributed by atoms with Gasteiger partial charge in [0.2, 0.25) is 5.91 Å². The van der Waals surface area contributed by atoms with Crippen LogP contribution in [0.5, 0.6) is 0 Å². The number of nitrogens with one attached hydrogen (secondary N) is 2. The summed E-state index contributed by atoms with van der Waals surface area (Å²) in [4.78, 5) is 31.2. The molecule has 31 heavy (non-hydrogen) atoms. The van der Waals surface area contributed by atoms with Crippen molar-refractivity contribution in [2.45, 2.75) is 50.3 Å². The van der Waals surface area contributed by atoms with Crippen molar-refractivity contribution in [1.29, 1.82) is 0 Å². The minimum absolute atomic E-state index is 0.113. The van der Waals surface area contributed by atoms with E-state index in [1.54, 1.807) is 0 Å². The second-order valence-corrected chi connectivity index (χ2v) is 8.67. The standard InChI is InChI=1S/C23H31N5O3/c29-21(7-6-18-4-2-1-3-5-18)27-12-9-23(31,10-13-27)16-28-17-25-20(14-22(28)30)26-19-8-11-24-15-19/h1-5,14,17,19,24,26,31H,6-13,15-16H2/t19-/m1/s1. The number of hydrogen-bond donors (Lipinski definition) is 3. The second-order valence-electron chi connectivity index (χ2n) is 8.67. The van der Waals surface area contributed by atoms with Crippen molar-refractivity contribution in [3.05, 3.63) is 58.6 Å². The maximum absolute atomic E-state index is 12.5. The number of carbonyl (C=O) groups excluding carboxylic acids is 1. The number of benzene rings is 1. The number of aromatic nitrogens is 2. The number of likely N-dealkylation sites (tertiary alicyclic amines) is 1. The number of rotatable bonds is 7. The topological polar surface area (TPSA) is 99.5 Å². The summed E-state index contributed by atoms with van der Waals surface area (Å²) in [7, 11) is 0. The smallest absolute Gasteiger partial charge is 0.255 e. The minimum Gasteiger partial charge on any atom is -0.388 e. The highest BCUT2D eigenvalue weighted by Crippen LogP contribution is 2.24. The summed E-state index contributed by atoms with van der Waals surface area (Å²) >= 11 is 0. The average molecular weight is 426 g/mol. The Kier molecular flexibility index (Phi) is 6.67. The summed E-state index contributed by atoms with van der Waals surface area (Å²) in [5.41, 5.74) is -0.0388. The monoisotopic (exact) mass is 425 g/mol. The molecule has 1 aromatic heterocycles. The molecular formula is C23H31N5O3. The van der Waals surface area contributed by atoms with E-state index in [1.165, 1.54) is 17.0 Å². The van der Waals surface area contributed by atoms with Gasteiger partial charge in [-0.1, -0.05) is 30.3 Å². The molecule has 166 valence electrons. The zero-order valence-electron chi connectivity index (χ0n) is 17.8. The lowest BCUT2D eigenvalue weighted by atomic mass is 9.91. The minimum atomic E-state index is -1.01. The van der Waals surface area contributed by atoms with Crippen molar-refractivity contribution < 1.29 is 9.90 Å². The molecule has 3 heterocycles. The highest BCUT2D eigenvalue weighted by atomic mass is 16.3. The predicted octanol–water partition coefficient (Wildman–Crippen LogP) is 1.00. The van der Waals surface area contributed by atoms with Crippen LogP contribution in [0, 0.1) is 0 Å². The number of hydrogen-bond acceptors (Lipinski definition) is 6. The Balaban J connectivity index is 1.28. The number of piperidine rings is 1. The zero-order valence-corrected chi connectivity index (χ0v) is 17.8. The molecular weight excluding hydrogens is 394 g/mol. The first-order valence-corrected chi connectivity index (χ1v) is 11.1. The Bertz CT molecular complexity index is 932. The number of amides is 1. The fourth-order valence-electron chi connectivity index (χ4n) is 4.31. The first-order valence-electron chi connectivity index (χ1n) is 11.1. The van der Waals surface area contributed by atoms with Gasteiger partial charge in [-0.25, -0.2) is 4.98 Å². The SMILES string of the molecule is O=C(CCc1ccccc1)N1CCC(O)(Cn2cnc(N[C@@H]3CCNC3)cc2=O)CC1. The van der Waals surface area contributed by atoms with Gasteiger partial charge in [-0.3, -0.25) is 14.2 Å². The van der Waals surface area contributed by atoms with Crippen LogP contribution in [-0.4, -0.2) is 63.3 Å². The second kappa shape index (κ2) is 9.62. The molecule has 2 aromatic rings. The Labute approximate surface area is 182 Å². The fourth-order valence-corrected chi connectivity index (χ4v) is 4.31. The molecule has 2 fully saturated rings. The Morgan fingerprint density at radius 2 is 2.03 bits per heavy atom. The molecule has 8 heteroatoms. The summed E-state index contributed by atoms with van der Waals surface area (Å²) in [5, 5.41) is 17.5. The van der Waals surface area contributed by atoms with Crippen molar-refractivity contribution in [2.75, 3.05) is 31.5 Å². The maximum Gasteiger partial charge on any atom is 0.255 e. The third-order valence-electron chi connectivity index (χ3n) is 6.27. The van der Waals surface area contributed by atoms with E-state index in [4.69, 9.17) is 0 Å². The lowest BCUT2D eigenvalue weighted by Crippen LogP contribution is -2.49. The number of anilines is 1. The zero-order chi connectivity index (χ0) is 21.7. The molecule has 2 aliphatic rings. The van der Waals surface area contributed by atoms with Gasteiger partial charge in [0.05, 0.1) is 18.5 Å². The van der Waals surface area contributed by atoms with E-state index in [2.05, 4.69) is 15.6 Å². The van der Waals surface area contributed by atoms with Crippen molar-refractivity contribution in [3.8, 4) is 0 Å². The molecule has 0 unspecified atom stereocenters. The Morgan fingerprint density at radius 3 is 2.71 bits per heavy atom. The van der Waals surface area contributed by atoms with E-state index in [-0.39, 0.29) is 24.1 Å². The molecule has 0 radical (unpaired) electrons. The first-order chi connectivity index (χ1) is 15.0. The fraction of sp³-hybridized carbons (Fsp3) is 0.522. The summed E-state index contributed by atoms with van der Waals surface area (Å²) in [5.74, 6) is 0.683. The van der Waals surface area contributed by atoms with Crippen LogP contribution in [0.3, 0.4) is 0 Å². The summed E-state index contributed by atoms with van der Waals surface area (Å²) in [6.45, 7) is 3.02. The van der Waals surface area contributed by atoms with Crippen molar-refractivity contribution in [2.24, 2.45) is 0 Å². The molecule has 0 bridgehead atoms. The third-order valence-corrected chi connectivity index (χ3v) is 6.27. The molecule has 0 spiro atoms. The molecule has 1 aromatic carbocycles. The summed E-state index contributed by atoms with van der Waals surface area (Å²) in [6.07, 6.45) is 4.59. The lowest BCUT2D eigenvalue weighted by molar-refractivity contribution is -0.135. The quantitative estimate of drug-likeness (QED) is 0.612. The highest BCUT2D eigenvalue weighted by molar-refractivity contribution is 5.76. The maximum atomic E-state index is 12.5. The van der Waals surface area contributed by atoms with Crippen LogP contribution < -0.4 is 16.2 Å². The third kappa shape index (κ3) is 5.71. The van der Waals surface area contributed by atoms with Gasteiger partial charge in [0.25, 0.3) is 5.56 Å². The molecule has 1 amide bonds. The number of aryl methyl sites for hydroxylation is 1. The average Bonchev–Trinajstić information content (AvgIpc) is 3.28. The Hall–Kier alpha value is -2.71. The highest BCUT2D eigenvalue weighted by Gasteiger charge is 2.34. The van der Waals surface area contributed by atoms with Crippen molar-refractivity contribution in [3.63, 3.8) is 0 Å². The summed E-state index contributed by atoms with van der Waals surface area (Å²) < 4.78 is 1.46. The molecule has 0 saturated carbocycles. The van der Waals surface area contributed by atoms with Gasteiger partial charge in [0.1, 0.15) is 5.82 Å². The van der Waals surface area contributed by atoms with E-state index >= 15 is 0 Å². The van der Waals surface area contributed by atoms with E-state index < -0.39 is 5.60 Å². The van der Waals surface area contributed by atoms with Gasteiger partial charge in [0, 0.05) is 38.2 Å². The molecule has 4 rings (SSSR count). The molecule has 2 aliphatic heterocycles. The van der Waals surface area contributed by atoms with Crippen molar-refractivity contribution >= 4 is 11.7 Å². The van der Waals surface area contributed by atoms with Gasteiger partial charge < -0.3 is 20.6 Å². The largest absolute Gasteiger partial charge is 0.388 e. The predicted molar refractivity (Wildman–Crippen MR) is 119 cm³/mol. The van der Waals surface area contributed by atoms with E-state index in [1.807, 2.05) is 35.2 Å². The van der Waals surface area contributed by atoms with Crippen LogP contribution in [0.1, 0.15) is 31.2 Å². The van der Waals surface area contributed by atoms with Crippen LogP contribution in [0.4, 0.5) is 5.82 Å². The van der Waals surface area contributed by atoms with Crippen LogP contribution in [-0.2, 0) is 17.8 Å². The van der Waals surface area contributed by atoms with Gasteiger partial charge in [-0.15, -0.1) is 0 Å². The number of nitrogens with zero attached hydrogens (tertiary/aromatic N) is 3. The molecule has 2 saturated heterocycles. The van der Waals surface area contributed by atoms with E-state index in [0.717, 1.165) is 31.5 Å². The molecule has 0 aliphatic carbocycles. The van der Waals surface area contributed by atoms with E-state index in [0.29, 0.717) is 38.2 Å². The van der Waals surface area contributed by atoms with Gasteiger partial charge in [-0.05, 0) is 37.8 Å².